The summed E-state index contributed by atoms with van der Waals surface area (Å²) in [5, 5.41) is 10.8. The van der Waals surface area contributed by atoms with Crippen LogP contribution in [-0.2, 0) is 20.9 Å². The summed E-state index contributed by atoms with van der Waals surface area (Å²) in [6.45, 7) is 20.8. The highest BCUT2D eigenvalue weighted by Crippen LogP contribution is 2.72. The molecule has 0 aromatic heterocycles. The standard InChI is InChI=1S/C40H54N4O4S/c1-8-24-42(26-29-16-14-13-15-17-29)36(46)33-34-37(47)44(32(27-45)28(6)10-3)35(40(34)23-22-39(33,7)49-40)38(48)43(25-9-2)31-20-18-30(19-21-31)41(11-4)12-5/h8-9,13-21,28,32-35,45H,1-2,10-12,22-27H2,3-7H3/t28-,32-,33+,34-,35?,39-,40?/m0/s1. The van der Waals surface area contributed by atoms with Crippen molar-refractivity contribution in [2.75, 3.05) is 42.6 Å². The fraction of sp³-hybridized carbons (Fsp3) is 0.525. The predicted octanol–water partition coefficient (Wildman–Crippen LogP) is 6.15. The fourth-order valence-electron chi connectivity index (χ4n) is 8.61. The Balaban J connectivity index is 1.59. The average molecular weight is 687 g/mol. The minimum atomic E-state index is -0.842. The van der Waals surface area contributed by atoms with Crippen LogP contribution in [0.3, 0.4) is 0 Å². The van der Waals surface area contributed by atoms with Gasteiger partial charge in [0.15, 0.2) is 0 Å². The van der Waals surface area contributed by atoms with E-state index in [2.05, 4.69) is 38.8 Å². The van der Waals surface area contributed by atoms with Gasteiger partial charge in [0, 0.05) is 48.8 Å². The number of likely N-dealkylation sites (tertiary alicyclic amines) is 1. The maximum atomic E-state index is 15.2. The molecule has 5 rings (SSSR count). The summed E-state index contributed by atoms with van der Waals surface area (Å²) in [6.07, 6.45) is 5.54. The number of thioether (sulfide) groups is 1. The number of nitrogens with zero attached hydrogens (tertiary/aromatic N) is 4. The minimum absolute atomic E-state index is 0.0528. The third kappa shape index (κ3) is 6.45. The van der Waals surface area contributed by atoms with Crippen LogP contribution in [0.4, 0.5) is 11.4 Å². The average Bonchev–Trinajstić information content (AvgIpc) is 3.68. The predicted molar refractivity (Wildman–Crippen MR) is 201 cm³/mol. The van der Waals surface area contributed by atoms with Crippen LogP contribution in [0.5, 0.6) is 0 Å². The van der Waals surface area contributed by atoms with E-state index >= 15 is 9.59 Å². The molecule has 3 aliphatic heterocycles. The number of aliphatic hydroxyl groups excluding tert-OH is 1. The normalized spacial score (nSPS) is 26.6. The molecule has 0 radical (unpaired) electrons. The number of carbonyl (C=O) groups is 3. The zero-order valence-electron chi connectivity index (χ0n) is 29.9. The molecule has 2 bridgehead atoms. The number of carbonyl (C=O) groups excluding carboxylic acids is 3. The van der Waals surface area contributed by atoms with Gasteiger partial charge in [-0.2, -0.15) is 0 Å². The molecule has 2 aromatic carbocycles. The lowest BCUT2D eigenvalue weighted by atomic mass is 9.66. The van der Waals surface area contributed by atoms with Crippen molar-refractivity contribution in [3.05, 3.63) is 85.5 Å². The molecule has 3 aliphatic rings. The van der Waals surface area contributed by atoms with Crippen molar-refractivity contribution in [3.8, 4) is 0 Å². The molecule has 8 nitrogen and oxygen atoms in total. The zero-order chi connectivity index (χ0) is 35.5. The molecule has 49 heavy (non-hydrogen) atoms. The Morgan fingerprint density at radius 1 is 0.980 bits per heavy atom. The van der Waals surface area contributed by atoms with Gasteiger partial charge >= 0.3 is 0 Å². The molecule has 0 saturated carbocycles. The van der Waals surface area contributed by atoms with Crippen LogP contribution in [0.2, 0.25) is 0 Å². The van der Waals surface area contributed by atoms with Gasteiger partial charge in [-0.05, 0) is 69.4 Å². The van der Waals surface area contributed by atoms with Crippen LogP contribution in [0.15, 0.2) is 79.9 Å². The van der Waals surface area contributed by atoms with E-state index < -0.39 is 33.4 Å². The summed E-state index contributed by atoms with van der Waals surface area (Å²) in [4.78, 5) is 52.5. The summed E-state index contributed by atoms with van der Waals surface area (Å²) in [6, 6.07) is 16.5. The Morgan fingerprint density at radius 2 is 1.61 bits per heavy atom. The van der Waals surface area contributed by atoms with E-state index in [1.54, 1.807) is 38.6 Å². The molecular formula is C40H54N4O4S. The summed E-state index contributed by atoms with van der Waals surface area (Å²) < 4.78 is -1.32. The highest BCUT2D eigenvalue weighted by Gasteiger charge is 2.78. The number of anilines is 2. The van der Waals surface area contributed by atoms with Crippen LogP contribution in [-0.4, -0.2) is 87.0 Å². The summed E-state index contributed by atoms with van der Waals surface area (Å²) in [7, 11) is 0. The number of hydrogen-bond donors (Lipinski definition) is 1. The second-order valence-corrected chi connectivity index (χ2v) is 15.9. The van der Waals surface area contributed by atoms with Crippen LogP contribution in [0, 0.1) is 17.8 Å². The molecular weight excluding hydrogens is 633 g/mol. The summed E-state index contributed by atoms with van der Waals surface area (Å²) in [5.41, 5.74) is 2.81. The first-order valence-corrected chi connectivity index (χ1v) is 18.7. The second kappa shape index (κ2) is 15.1. The summed E-state index contributed by atoms with van der Waals surface area (Å²) >= 11 is 1.67. The van der Waals surface area contributed by atoms with Crippen LogP contribution in [0.1, 0.15) is 59.4 Å². The number of amides is 3. The molecule has 2 aromatic rings. The molecule has 3 heterocycles. The molecule has 3 saturated heterocycles. The van der Waals surface area contributed by atoms with E-state index in [0.29, 0.717) is 19.5 Å². The Kier molecular flexibility index (Phi) is 11.3. The van der Waals surface area contributed by atoms with Crippen molar-refractivity contribution >= 4 is 40.9 Å². The van der Waals surface area contributed by atoms with E-state index in [1.807, 2.05) is 68.4 Å². The van der Waals surface area contributed by atoms with Gasteiger partial charge in [-0.3, -0.25) is 14.4 Å². The van der Waals surface area contributed by atoms with E-state index in [4.69, 9.17) is 0 Å². The van der Waals surface area contributed by atoms with Gasteiger partial charge in [-0.15, -0.1) is 24.9 Å². The molecule has 2 unspecified atom stereocenters. The number of hydrogen-bond acceptors (Lipinski definition) is 6. The van der Waals surface area contributed by atoms with E-state index in [9.17, 15) is 9.90 Å². The highest BCUT2D eigenvalue weighted by atomic mass is 32.2. The van der Waals surface area contributed by atoms with Gasteiger partial charge in [0.25, 0.3) is 5.91 Å². The van der Waals surface area contributed by atoms with Crippen molar-refractivity contribution in [1.82, 2.24) is 9.80 Å². The first kappa shape index (κ1) is 36.7. The number of benzene rings is 2. The molecule has 9 heteroatoms. The fourth-order valence-corrected chi connectivity index (χ4v) is 10.9. The van der Waals surface area contributed by atoms with Crippen LogP contribution in [0.25, 0.3) is 0 Å². The van der Waals surface area contributed by atoms with Crippen molar-refractivity contribution < 1.29 is 19.5 Å². The van der Waals surface area contributed by atoms with Gasteiger partial charge < -0.3 is 24.7 Å². The van der Waals surface area contributed by atoms with Crippen molar-refractivity contribution in [2.24, 2.45) is 17.8 Å². The quantitative estimate of drug-likeness (QED) is 0.213. The van der Waals surface area contributed by atoms with Crippen molar-refractivity contribution in [3.63, 3.8) is 0 Å². The monoisotopic (exact) mass is 686 g/mol. The highest BCUT2D eigenvalue weighted by molar-refractivity contribution is 8.02. The van der Waals surface area contributed by atoms with E-state index in [0.717, 1.165) is 42.9 Å². The molecule has 1 spiro atoms. The molecule has 1 N–H and O–H groups in total. The number of rotatable bonds is 16. The third-order valence-corrected chi connectivity index (χ3v) is 13.3. The number of aliphatic hydroxyl groups is 1. The molecule has 3 fully saturated rings. The van der Waals surface area contributed by atoms with Gasteiger partial charge in [-0.25, -0.2) is 0 Å². The van der Waals surface area contributed by atoms with Crippen molar-refractivity contribution in [1.29, 1.82) is 0 Å². The molecule has 0 aliphatic carbocycles. The maximum absolute atomic E-state index is 15.2. The van der Waals surface area contributed by atoms with E-state index in [-0.39, 0.29) is 36.8 Å². The zero-order valence-corrected chi connectivity index (χ0v) is 30.7. The lowest BCUT2D eigenvalue weighted by Gasteiger charge is -2.41. The van der Waals surface area contributed by atoms with Gasteiger partial charge in [0.05, 0.1) is 29.2 Å². The maximum Gasteiger partial charge on any atom is 0.251 e. The smallest absolute Gasteiger partial charge is 0.251 e. The largest absolute Gasteiger partial charge is 0.394 e. The molecule has 7 atom stereocenters. The molecule has 3 amide bonds. The Labute approximate surface area is 297 Å². The van der Waals surface area contributed by atoms with Crippen LogP contribution >= 0.6 is 11.8 Å². The third-order valence-electron chi connectivity index (χ3n) is 11.3. The minimum Gasteiger partial charge on any atom is -0.394 e. The lowest BCUT2D eigenvalue weighted by Crippen LogP contribution is -2.58. The molecule has 264 valence electrons. The Hall–Kier alpha value is -3.56. The van der Waals surface area contributed by atoms with Gasteiger partial charge in [0.2, 0.25) is 11.8 Å². The van der Waals surface area contributed by atoms with Crippen molar-refractivity contribution in [2.45, 2.75) is 82.0 Å². The number of fused-ring (bicyclic) bond motifs is 1. The summed E-state index contributed by atoms with van der Waals surface area (Å²) in [5.74, 6) is -1.81. The van der Waals surface area contributed by atoms with E-state index in [1.165, 1.54) is 0 Å². The second-order valence-electron chi connectivity index (χ2n) is 14.0. The van der Waals surface area contributed by atoms with Gasteiger partial charge in [0.1, 0.15) is 6.04 Å². The Bertz CT molecular complexity index is 1510. The topological polar surface area (TPSA) is 84.4 Å². The Morgan fingerprint density at radius 3 is 2.18 bits per heavy atom. The first-order chi connectivity index (χ1) is 23.5. The van der Waals surface area contributed by atoms with Crippen LogP contribution < -0.4 is 9.80 Å². The van der Waals surface area contributed by atoms with Gasteiger partial charge in [-0.1, -0.05) is 62.8 Å². The first-order valence-electron chi connectivity index (χ1n) is 17.9. The lowest BCUT2D eigenvalue weighted by molar-refractivity contribution is -0.147. The SMILES string of the molecule is C=CCN(Cc1ccccc1)C(=O)[C@H]1[C@H]2C(=O)N([C@@H](CO)[C@@H](C)CC)C(C(=O)N(CC=C)c3ccc(N(CC)CC)cc3)C23CC[C@]1(C)S3.